The highest BCUT2D eigenvalue weighted by atomic mass is 16.6. The number of hydrogen-bond acceptors (Lipinski definition) is 4. The summed E-state index contributed by atoms with van der Waals surface area (Å²) < 4.78 is 0. The fourth-order valence-corrected chi connectivity index (χ4v) is 2.07. The molecule has 6 nitrogen and oxygen atoms in total. The second kappa shape index (κ2) is 7.20. The molecule has 0 radical (unpaired) electrons. The first kappa shape index (κ1) is 16.9. The Balaban J connectivity index is 2.24. The molecule has 2 rings (SSSR count). The molecule has 1 N–H and O–H groups in total. The van der Waals surface area contributed by atoms with Crippen LogP contribution >= 0.6 is 0 Å². The van der Waals surface area contributed by atoms with E-state index in [1.54, 1.807) is 0 Å². The van der Waals surface area contributed by atoms with Crippen molar-refractivity contribution in [3.8, 4) is 6.07 Å². The molecule has 0 atom stereocenters. The molecule has 0 aromatic heterocycles. The quantitative estimate of drug-likeness (QED) is 0.401. The highest BCUT2D eigenvalue weighted by Gasteiger charge is 2.11. The fraction of sp³-hybridized carbons (Fsp3) is 0.111. The number of amides is 1. The molecule has 6 heteroatoms. The molecule has 0 spiro atoms. The number of nitrogens with zero attached hydrogens (tertiary/aromatic N) is 2. The van der Waals surface area contributed by atoms with Gasteiger partial charge < -0.3 is 5.32 Å². The minimum Gasteiger partial charge on any atom is -0.321 e. The highest BCUT2D eigenvalue weighted by Crippen LogP contribution is 2.18. The van der Waals surface area contributed by atoms with Crippen LogP contribution in [-0.2, 0) is 4.79 Å². The van der Waals surface area contributed by atoms with E-state index in [2.05, 4.69) is 5.32 Å². The van der Waals surface area contributed by atoms with Crippen molar-refractivity contribution in [1.29, 1.82) is 5.26 Å². The maximum absolute atomic E-state index is 12.3. The summed E-state index contributed by atoms with van der Waals surface area (Å²) in [7, 11) is 0. The number of nitrogens with one attached hydrogen (secondary N) is 1. The number of anilines is 1. The van der Waals surface area contributed by atoms with E-state index in [0.717, 1.165) is 11.1 Å². The van der Waals surface area contributed by atoms with Crippen molar-refractivity contribution >= 4 is 23.4 Å². The number of carbonyl (C=O) groups is 1. The van der Waals surface area contributed by atoms with E-state index < -0.39 is 10.8 Å². The molecule has 0 aliphatic carbocycles. The average molecular weight is 321 g/mol. The Labute approximate surface area is 139 Å². The normalized spacial score (nSPS) is 10.8. The molecule has 24 heavy (non-hydrogen) atoms. The molecule has 2 aromatic rings. The first-order valence-corrected chi connectivity index (χ1v) is 7.15. The largest absolute Gasteiger partial charge is 0.321 e. The van der Waals surface area contributed by atoms with Gasteiger partial charge in [-0.3, -0.25) is 14.9 Å². The molecular formula is C18H15N3O3. The average Bonchev–Trinajstić information content (AvgIpc) is 2.56. The van der Waals surface area contributed by atoms with Crippen LogP contribution in [0.1, 0.15) is 16.7 Å². The smallest absolute Gasteiger partial charge is 0.269 e. The van der Waals surface area contributed by atoms with E-state index in [1.165, 1.54) is 30.3 Å². The van der Waals surface area contributed by atoms with Crippen molar-refractivity contribution in [2.75, 3.05) is 5.32 Å². The van der Waals surface area contributed by atoms with Crippen molar-refractivity contribution in [3.05, 3.63) is 74.8 Å². The van der Waals surface area contributed by atoms with Gasteiger partial charge in [-0.25, -0.2) is 0 Å². The minimum absolute atomic E-state index is 0.0505. The molecule has 0 saturated carbocycles. The Hall–Kier alpha value is -3.46. The third-order valence-corrected chi connectivity index (χ3v) is 3.42. The summed E-state index contributed by atoms with van der Waals surface area (Å²) in [6.07, 6.45) is 1.39. The maximum atomic E-state index is 12.3. The molecule has 1 amide bonds. The lowest BCUT2D eigenvalue weighted by atomic mass is 10.1. The van der Waals surface area contributed by atoms with Gasteiger partial charge in [-0.15, -0.1) is 0 Å². The van der Waals surface area contributed by atoms with Gasteiger partial charge in [0.05, 0.1) is 4.92 Å². The zero-order chi connectivity index (χ0) is 17.7. The predicted octanol–water partition coefficient (Wildman–Crippen LogP) is 3.76. The van der Waals surface area contributed by atoms with Crippen LogP contribution in [0.3, 0.4) is 0 Å². The highest BCUT2D eigenvalue weighted by molar-refractivity contribution is 6.10. The second-order valence-electron chi connectivity index (χ2n) is 5.29. The second-order valence-corrected chi connectivity index (χ2v) is 5.29. The fourth-order valence-electron chi connectivity index (χ4n) is 2.07. The van der Waals surface area contributed by atoms with Gasteiger partial charge in [0.2, 0.25) is 0 Å². The third-order valence-electron chi connectivity index (χ3n) is 3.42. The van der Waals surface area contributed by atoms with Crippen molar-refractivity contribution in [2.24, 2.45) is 0 Å². The van der Waals surface area contributed by atoms with Crippen LogP contribution in [0.2, 0.25) is 0 Å². The number of nitro groups is 1. The van der Waals surface area contributed by atoms with Gasteiger partial charge in [-0.1, -0.05) is 12.1 Å². The zero-order valence-corrected chi connectivity index (χ0v) is 13.2. The van der Waals surface area contributed by atoms with Crippen LogP contribution in [0, 0.1) is 35.3 Å². The lowest BCUT2D eigenvalue weighted by Gasteiger charge is -2.08. The summed E-state index contributed by atoms with van der Waals surface area (Å²) in [4.78, 5) is 22.4. The molecule has 0 fully saturated rings. The van der Waals surface area contributed by atoms with E-state index in [1.807, 2.05) is 38.1 Å². The van der Waals surface area contributed by atoms with Crippen molar-refractivity contribution in [3.63, 3.8) is 0 Å². The molecule has 120 valence electrons. The monoisotopic (exact) mass is 321 g/mol. The number of non-ortho nitro benzene ring substituents is 1. The first-order chi connectivity index (χ1) is 11.4. The van der Waals surface area contributed by atoms with Crippen LogP contribution in [0.4, 0.5) is 11.4 Å². The maximum Gasteiger partial charge on any atom is 0.269 e. The van der Waals surface area contributed by atoms with Gasteiger partial charge in [0.1, 0.15) is 11.6 Å². The zero-order valence-electron chi connectivity index (χ0n) is 13.2. The number of rotatable bonds is 4. The van der Waals surface area contributed by atoms with Gasteiger partial charge in [0, 0.05) is 17.8 Å². The van der Waals surface area contributed by atoms with E-state index in [0.29, 0.717) is 11.3 Å². The Morgan fingerprint density at radius 2 is 1.88 bits per heavy atom. The summed E-state index contributed by atoms with van der Waals surface area (Å²) in [5.41, 5.74) is 2.93. The molecule has 0 unspecified atom stereocenters. The molecule has 0 heterocycles. The van der Waals surface area contributed by atoms with E-state index in [-0.39, 0.29) is 11.3 Å². The summed E-state index contributed by atoms with van der Waals surface area (Å²) >= 11 is 0. The topological polar surface area (TPSA) is 96.0 Å². The molecule has 0 bridgehead atoms. The summed E-state index contributed by atoms with van der Waals surface area (Å²) in [6, 6.07) is 13.1. The minimum atomic E-state index is -0.524. The standard InChI is InChI=1S/C18H15N3O3/c1-12-3-4-13(2)17(9-12)20-18(22)15(11-19)10-14-5-7-16(8-6-14)21(23)24/h3-10H,1-2H3,(H,20,22)/b15-10-. The molecule has 0 aliphatic rings. The van der Waals surface area contributed by atoms with Gasteiger partial charge in [0.25, 0.3) is 11.6 Å². The summed E-state index contributed by atoms with van der Waals surface area (Å²) in [5.74, 6) is -0.524. The van der Waals surface area contributed by atoms with Crippen molar-refractivity contribution in [2.45, 2.75) is 13.8 Å². The van der Waals surface area contributed by atoms with Gasteiger partial charge >= 0.3 is 0 Å². The van der Waals surface area contributed by atoms with E-state index >= 15 is 0 Å². The molecule has 0 aliphatic heterocycles. The molecular weight excluding hydrogens is 306 g/mol. The number of aryl methyl sites for hydroxylation is 2. The number of benzene rings is 2. The number of hydrogen-bond donors (Lipinski definition) is 1. The van der Waals surface area contributed by atoms with Crippen molar-refractivity contribution < 1.29 is 9.72 Å². The van der Waals surface area contributed by atoms with Gasteiger partial charge in [0.15, 0.2) is 0 Å². The van der Waals surface area contributed by atoms with Crippen LogP contribution < -0.4 is 5.32 Å². The summed E-state index contributed by atoms with van der Waals surface area (Å²) in [5, 5.41) is 22.6. The van der Waals surface area contributed by atoms with E-state index in [9.17, 15) is 20.2 Å². The van der Waals surface area contributed by atoms with Crippen LogP contribution in [-0.4, -0.2) is 10.8 Å². The third kappa shape index (κ3) is 4.05. The van der Waals surface area contributed by atoms with Crippen molar-refractivity contribution in [1.82, 2.24) is 0 Å². The lowest BCUT2D eigenvalue weighted by molar-refractivity contribution is -0.384. The van der Waals surface area contributed by atoms with Gasteiger partial charge in [-0.2, -0.15) is 5.26 Å². The van der Waals surface area contributed by atoms with Crippen LogP contribution in [0.5, 0.6) is 0 Å². The lowest BCUT2D eigenvalue weighted by Crippen LogP contribution is -2.14. The van der Waals surface area contributed by atoms with Crippen LogP contribution in [0.15, 0.2) is 48.0 Å². The van der Waals surface area contributed by atoms with Gasteiger partial charge in [-0.05, 0) is 54.8 Å². The Morgan fingerprint density at radius 1 is 1.21 bits per heavy atom. The Bertz CT molecular complexity index is 862. The number of nitro benzene ring substituents is 1. The molecule has 2 aromatic carbocycles. The Kier molecular flexibility index (Phi) is 5.07. The molecule has 0 saturated heterocycles. The Morgan fingerprint density at radius 3 is 2.46 bits per heavy atom. The SMILES string of the molecule is Cc1ccc(C)c(NC(=O)/C(C#N)=C\c2ccc([N+](=O)[O-])cc2)c1. The first-order valence-electron chi connectivity index (χ1n) is 7.15. The summed E-state index contributed by atoms with van der Waals surface area (Å²) in [6.45, 7) is 3.77. The van der Waals surface area contributed by atoms with E-state index in [4.69, 9.17) is 0 Å². The number of nitriles is 1. The predicted molar refractivity (Wildman–Crippen MR) is 91.2 cm³/mol. The van der Waals surface area contributed by atoms with Crippen LogP contribution in [0.25, 0.3) is 6.08 Å². The number of carbonyl (C=O) groups excluding carboxylic acids is 1.